The first-order valence-corrected chi connectivity index (χ1v) is 7.92. The van der Waals surface area contributed by atoms with Crippen LogP contribution in [0.1, 0.15) is 61.6 Å². The van der Waals surface area contributed by atoms with E-state index in [2.05, 4.69) is 31.1 Å². The fraction of sp³-hybridized carbons (Fsp3) is 0.500. The molecule has 20 heavy (non-hydrogen) atoms. The molecule has 0 atom stereocenters. The van der Waals surface area contributed by atoms with Crippen LogP contribution in [-0.2, 0) is 12.0 Å². The van der Waals surface area contributed by atoms with Crippen LogP contribution < -0.4 is 0 Å². The second-order valence-electron chi connectivity index (χ2n) is 6.12. The summed E-state index contributed by atoms with van der Waals surface area (Å²) in [7, 11) is 0. The van der Waals surface area contributed by atoms with Gasteiger partial charge in [-0.2, -0.15) is 0 Å². The molecule has 0 unspecified atom stereocenters. The van der Waals surface area contributed by atoms with E-state index in [0.717, 1.165) is 29.2 Å². The summed E-state index contributed by atoms with van der Waals surface area (Å²) in [4.78, 5) is 16.5. The molecule has 0 saturated heterocycles. The average molecular weight is 290 g/mol. The van der Waals surface area contributed by atoms with Crippen LogP contribution in [-0.4, -0.2) is 15.3 Å². The van der Waals surface area contributed by atoms with Crippen molar-refractivity contribution in [2.75, 3.05) is 0 Å². The molecule has 0 spiro atoms. The van der Waals surface area contributed by atoms with Crippen LogP contribution in [0.15, 0.2) is 23.8 Å². The van der Waals surface area contributed by atoms with Crippen molar-refractivity contribution in [2.45, 2.75) is 52.5 Å². The maximum Gasteiger partial charge on any atom is 0.164 e. The molecule has 2 rings (SSSR count). The summed E-state index contributed by atoms with van der Waals surface area (Å²) in [6.07, 6.45) is 5.40. The van der Waals surface area contributed by atoms with E-state index in [1.807, 2.05) is 30.0 Å². The van der Waals surface area contributed by atoms with Crippen LogP contribution in [0.3, 0.4) is 0 Å². The Labute approximate surface area is 124 Å². The summed E-state index contributed by atoms with van der Waals surface area (Å²) in [5.41, 5.74) is 2.03. The largest absolute Gasteiger partial charge is 0.347 e. The van der Waals surface area contributed by atoms with Gasteiger partial charge in [-0.25, -0.2) is 4.98 Å². The van der Waals surface area contributed by atoms with Crippen LogP contribution in [0.25, 0.3) is 0 Å². The topological polar surface area (TPSA) is 34.9 Å². The number of aromatic nitrogens is 2. The van der Waals surface area contributed by atoms with Crippen molar-refractivity contribution in [1.82, 2.24) is 9.55 Å². The molecule has 0 aliphatic carbocycles. The molecule has 2 heterocycles. The molecule has 108 valence electrons. The summed E-state index contributed by atoms with van der Waals surface area (Å²) in [5.74, 6) is 0.223. The molecule has 0 aliphatic heterocycles. The predicted octanol–water partition coefficient (Wildman–Crippen LogP) is 4.27. The minimum Gasteiger partial charge on any atom is -0.347 e. The van der Waals surface area contributed by atoms with Crippen LogP contribution >= 0.6 is 11.3 Å². The molecular weight excluding hydrogens is 268 g/mol. The lowest BCUT2D eigenvalue weighted by atomic mass is 9.93. The maximum atomic E-state index is 11.8. The first-order chi connectivity index (χ1) is 9.40. The Balaban J connectivity index is 2.07. The third-order valence-electron chi connectivity index (χ3n) is 3.19. The number of hydrogen-bond donors (Lipinski definition) is 0. The van der Waals surface area contributed by atoms with Crippen molar-refractivity contribution < 1.29 is 4.79 Å². The zero-order valence-electron chi connectivity index (χ0n) is 12.6. The van der Waals surface area contributed by atoms with Crippen molar-refractivity contribution in [2.24, 2.45) is 0 Å². The zero-order valence-corrected chi connectivity index (χ0v) is 13.5. The van der Waals surface area contributed by atoms with Gasteiger partial charge in [0.1, 0.15) is 5.01 Å². The van der Waals surface area contributed by atoms with Crippen molar-refractivity contribution in [1.29, 1.82) is 0 Å². The van der Waals surface area contributed by atoms with Crippen LogP contribution in [0.5, 0.6) is 0 Å². The number of carbonyl (C=O) groups is 1. The lowest BCUT2D eigenvalue weighted by Gasteiger charge is -2.14. The third-order valence-corrected chi connectivity index (χ3v) is 4.02. The molecule has 0 aliphatic rings. The van der Waals surface area contributed by atoms with Crippen LogP contribution in [0, 0.1) is 0 Å². The van der Waals surface area contributed by atoms with E-state index in [9.17, 15) is 4.79 Å². The monoisotopic (exact) mass is 290 g/mol. The summed E-state index contributed by atoms with van der Waals surface area (Å²) in [6.45, 7) is 9.27. The summed E-state index contributed by atoms with van der Waals surface area (Å²) >= 11 is 1.68. The highest BCUT2D eigenvalue weighted by Crippen LogP contribution is 2.24. The van der Waals surface area contributed by atoms with Gasteiger partial charge in [0.05, 0.1) is 12.2 Å². The Bertz CT molecular complexity index is 590. The molecular formula is C16H22N2OS. The van der Waals surface area contributed by atoms with E-state index < -0.39 is 0 Å². The van der Waals surface area contributed by atoms with E-state index in [0.29, 0.717) is 6.42 Å². The van der Waals surface area contributed by atoms with E-state index >= 15 is 0 Å². The Hall–Kier alpha value is -1.42. The number of thiazole rings is 1. The normalized spacial score (nSPS) is 11.8. The van der Waals surface area contributed by atoms with E-state index in [1.54, 1.807) is 11.3 Å². The highest BCUT2D eigenvalue weighted by molar-refractivity contribution is 7.09. The van der Waals surface area contributed by atoms with Crippen molar-refractivity contribution in [3.05, 3.63) is 40.1 Å². The van der Waals surface area contributed by atoms with Crippen LogP contribution in [0.2, 0.25) is 0 Å². The minimum absolute atomic E-state index is 0.0910. The highest BCUT2D eigenvalue weighted by Gasteiger charge is 2.17. The average Bonchev–Trinajstić information content (AvgIpc) is 2.98. The van der Waals surface area contributed by atoms with Crippen molar-refractivity contribution >= 4 is 17.1 Å². The van der Waals surface area contributed by atoms with Gasteiger partial charge in [-0.1, -0.05) is 27.7 Å². The smallest absolute Gasteiger partial charge is 0.164 e. The van der Waals surface area contributed by atoms with Gasteiger partial charge in [-0.15, -0.1) is 11.3 Å². The van der Waals surface area contributed by atoms with Crippen molar-refractivity contribution in [3.63, 3.8) is 0 Å². The van der Waals surface area contributed by atoms with Gasteiger partial charge in [0.15, 0.2) is 5.78 Å². The molecule has 0 amide bonds. The third kappa shape index (κ3) is 3.57. The molecule has 0 bridgehead atoms. The second kappa shape index (κ2) is 5.92. The number of nitrogens with zero attached hydrogens (tertiary/aromatic N) is 2. The number of Topliss-reactive ketones (excluding diaryl/α,β-unsaturated/α-hetero) is 1. The number of hydrogen-bond acceptors (Lipinski definition) is 3. The molecule has 0 aromatic carbocycles. The molecule has 2 aromatic heterocycles. The molecule has 2 aromatic rings. The maximum absolute atomic E-state index is 11.8. The highest BCUT2D eigenvalue weighted by atomic mass is 32.1. The molecule has 0 N–H and O–H groups in total. The number of carbonyl (C=O) groups excluding carboxylic acids is 1. The molecule has 0 fully saturated rings. The minimum atomic E-state index is 0.0910. The molecule has 0 radical (unpaired) electrons. The first kappa shape index (κ1) is 15.0. The number of rotatable bonds is 5. The Morgan fingerprint density at radius 2 is 2.15 bits per heavy atom. The Morgan fingerprint density at radius 3 is 2.75 bits per heavy atom. The molecule has 3 nitrogen and oxygen atoms in total. The summed E-state index contributed by atoms with van der Waals surface area (Å²) in [5, 5.41) is 3.21. The molecule has 4 heteroatoms. The first-order valence-electron chi connectivity index (χ1n) is 7.04. The van der Waals surface area contributed by atoms with Crippen LogP contribution in [0.4, 0.5) is 0 Å². The lowest BCUT2D eigenvalue weighted by molar-refractivity contribution is 0.0981. The van der Waals surface area contributed by atoms with E-state index in [1.165, 1.54) is 0 Å². The quantitative estimate of drug-likeness (QED) is 0.771. The van der Waals surface area contributed by atoms with Gasteiger partial charge in [0, 0.05) is 35.2 Å². The van der Waals surface area contributed by atoms with E-state index in [-0.39, 0.29) is 11.2 Å². The molecule has 0 saturated carbocycles. The second-order valence-corrected chi connectivity index (χ2v) is 7.06. The van der Waals surface area contributed by atoms with E-state index in [4.69, 9.17) is 0 Å². The Morgan fingerprint density at radius 1 is 1.40 bits per heavy atom. The van der Waals surface area contributed by atoms with Gasteiger partial charge in [-0.3, -0.25) is 4.79 Å². The predicted molar refractivity (Wildman–Crippen MR) is 83.6 cm³/mol. The van der Waals surface area contributed by atoms with Gasteiger partial charge >= 0.3 is 0 Å². The fourth-order valence-electron chi connectivity index (χ4n) is 1.96. The number of ketones is 1. The lowest BCUT2D eigenvalue weighted by Crippen LogP contribution is -2.11. The zero-order chi connectivity index (χ0) is 14.8. The van der Waals surface area contributed by atoms with Gasteiger partial charge in [0.25, 0.3) is 0 Å². The van der Waals surface area contributed by atoms with Gasteiger partial charge in [-0.05, 0) is 12.5 Å². The standard InChI is InChI=1S/C16H22N2OS/c1-5-6-13(19)12-7-8-18(9-12)10-15-17-14(11-20-15)16(2,3)4/h7-9,11H,5-6,10H2,1-4H3. The summed E-state index contributed by atoms with van der Waals surface area (Å²) in [6, 6.07) is 1.90. The van der Waals surface area contributed by atoms with Gasteiger partial charge < -0.3 is 4.57 Å². The van der Waals surface area contributed by atoms with Gasteiger partial charge in [0.2, 0.25) is 0 Å². The van der Waals surface area contributed by atoms with Crippen molar-refractivity contribution in [3.8, 4) is 0 Å². The summed E-state index contributed by atoms with van der Waals surface area (Å²) < 4.78 is 2.04. The Kier molecular flexibility index (Phi) is 4.43. The SMILES string of the molecule is CCCC(=O)c1ccn(Cc2nc(C(C)(C)C)cs2)c1. The fourth-order valence-corrected chi connectivity index (χ4v) is 2.99.